The lowest BCUT2D eigenvalue weighted by molar-refractivity contribution is -0.458. The largest absolute Gasteiger partial charge is 0.459 e. The number of hydrogen-bond donors (Lipinski definition) is 4. The van der Waals surface area contributed by atoms with Gasteiger partial charge in [0.2, 0.25) is 5.79 Å². The summed E-state index contributed by atoms with van der Waals surface area (Å²) in [6.07, 6.45) is -0.999. The van der Waals surface area contributed by atoms with Gasteiger partial charge in [0, 0.05) is 17.3 Å². The predicted octanol–water partition coefficient (Wildman–Crippen LogP) is 0.274. The fourth-order valence-electron chi connectivity index (χ4n) is 8.27. The first kappa shape index (κ1) is 21.5. The molecule has 0 aromatic carbocycles. The second kappa shape index (κ2) is 6.17. The van der Waals surface area contributed by atoms with Crippen LogP contribution < -0.4 is 5.73 Å². The lowest BCUT2D eigenvalue weighted by Crippen LogP contribution is -2.85. The van der Waals surface area contributed by atoms with Gasteiger partial charge in [0.25, 0.3) is 0 Å². The molecule has 5 N–H and O–H groups in total. The van der Waals surface area contributed by atoms with Crippen LogP contribution in [0.25, 0.3) is 0 Å². The number of fused-ring (bicyclic) bond motifs is 2. The standard InChI is InChI=1S/C23H33NO7/c1-10-12-5-6-13-21-9-30-23(29,17(27)15(21)20(3,4)8-7-14(21)25)22(13,16(10)26)18(12)31-19(28)11(2)24/h11-15,17-18,25,27,29H,1,5-9,24H2,2-4H3/t11-,12-,13-,14-,15+,17-,18+,21+,22-,23-/m0/s1. The van der Waals surface area contributed by atoms with E-state index in [0.717, 1.165) is 0 Å². The number of hydrogen-bond acceptors (Lipinski definition) is 8. The number of nitrogens with two attached hydrogens (primary N) is 1. The number of ketones is 1. The molecule has 0 amide bonds. The molecule has 4 saturated carbocycles. The van der Waals surface area contributed by atoms with Crippen molar-refractivity contribution in [2.75, 3.05) is 6.61 Å². The Balaban J connectivity index is 1.75. The number of aliphatic hydroxyl groups excluding tert-OH is 2. The van der Waals surface area contributed by atoms with Crippen LogP contribution in [-0.2, 0) is 19.1 Å². The summed E-state index contributed by atoms with van der Waals surface area (Å²) < 4.78 is 11.7. The SMILES string of the molecule is C=C1C(=O)[C@]23[C@H](OC(=O)[C@H](C)N)[C@H]1CC[C@H]2[C@@]12CO[C@@]3(O)[C@@H](O)[C@@H]1C(C)(C)CC[C@@H]2O. The van der Waals surface area contributed by atoms with Crippen molar-refractivity contribution in [2.24, 2.45) is 39.7 Å². The van der Waals surface area contributed by atoms with E-state index in [-0.39, 0.29) is 17.6 Å². The van der Waals surface area contributed by atoms with Gasteiger partial charge in [0.05, 0.1) is 12.7 Å². The van der Waals surface area contributed by atoms with E-state index >= 15 is 0 Å². The van der Waals surface area contributed by atoms with Gasteiger partial charge in [0.15, 0.2) is 5.78 Å². The van der Waals surface area contributed by atoms with Gasteiger partial charge in [-0.25, -0.2) is 0 Å². The Morgan fingerprint density at radius 3 is 2.61 bits per heavy atom. The molecule has 8 heteroatoms. The van der Waals surface area contributed by atoms with Crippen LogP contribution in [0.1, 0.15) is 46.5 Å². The Hall–Kier alpha value is -1.32. The number of ether oxygens (including phenoxy) is 2. The number of Topliss-reactive ketones (excluding diaryl/α,β-unsaturated/α-hetero) is 1. The zero-order chi connectivity index (χ0) is 22.7. The van der Waals surface area contributed by atoms with E-state index in [4.69, 9.17) is 15.2 Å². The Labute approximate surface area is 181 Å². The van der Waals surface area contributed by atoms with Crippen molar-refractivity contribution in [3.05, 3.63) is 12.2 Å². The lowest BCUT2D eigenvalue weighted by atomic mass is 9.35. The maximum Gasteiger partial charge on any atom is 0.322 e. The molecule has 0 aromatic rings. The van der Waals surface area contributed by atoms with Crippen molar-refractivity contribution in [3.63, 3.8) is 0 Å². The zero-order valence-electron chi connectivity index (χ0n) is 18.3. The van der Waals surface area contributed by atoms with E-state index in [9.17, 15) is 24.9 Å². The fourth-order valence-corrected chi connectivity index (χ4v) is 8.27. The highest BCUT2D eigenvalue weighted by molar-refractivity contribution is 6.05. The molecule has 2 saturated heterocycles. The summed E-state index contributed by atoms with van der Waals surface area (Å²) in [6, 6.07) is -0.911. The average Bonchev–Trinajstić information content (AvgIpc) is 2.81. The summed E-state index contributed by atoms with van der Waals surface area (Å²) in [5.74, 6) is -4.82. The lowest BCUT2D eigenvalue weighted by Gasteiger charge is -2.74. The molecule has 0 unspecified atom stereocenters. The highest BCUT2D eigenvalue weighted by Gasteiger charge is 2.87. The minimum absolute atomic E-state index is 0.0423. The number of carbonyl (C=O) groups is 2. The molecule has 8 nitrogen and oxygen atoms in total. The molecule has 0 aromatic heterocycles. The van der Waals surface area contributed by atoms with Crippen LogP contribution in [0.3, 0.4) is 0 Å². The van der Waals surface area contributed by atoms with Gasteiger partial charge in [0.1, 0.15) is 23.7 Å². The first-order valence-corrected chi connectivity index (χ1v) is 11.3. The van der Waals surface area contributed by atoms with Crippen molar-refractivity contribution in [1.82, 2.24) is 0 Å². The summed E-state index contributed by atoms with van der Waals surface area (Å²) >= 11 is 0. The third-order valence-electron chi connectivity index (χ3n) is 9.46. The van der Waals surface area contributed by atoms with Crippen LogP contribution in [-0.4, -0.2) is 63.8 Å². The molecule has 2 spiro atoms. The third-order valence-corrected chi connectivity index (χ3v) is 9.46. The minimum Gasteiger partial charge on any atom is -0.459 e. The maximum atomic E-state index is 13.8. The quantitative estimate of drug-likeness (QED) is 0.358. The van der Waals surface area contributed by atoms with Crippen LogP contribution in [0.15, 0.2) is 12.2 Å². The molecule has 10 atom stereocenters. The molecule has 2 heterocycles. The number of esters is 1. The molecule has 31 heavy (non-hydrogen) atoms. The number of aliphatic hydroxyl groups is 3. The molecule has 0 radical (unpaired) electrons. The van der Waals surface area contributed by atoms with Gasteiger partial charge in [-0.2, -0.15) is 0 Å². The van der Waals surface area contributed by atoms with Crippen molar-refractivity contribution in [3.8, 4) is 0 Å². The van der Waals surface area contributed by atoms with E-state index in [1.54, 1.807) is 0 Å². The van der Waals surface area contributed by atoms with Crippen LogP contribution in [0.5, 0.6) is 0 Å². The number of carbonyl (C=O) groups excluding carboxylic acids is 2. The van der Waals surface area contributed by atoms with Crippen molar-refractivity contribution >= 4 is 11.8 Å². The van der Waals surface area contributed by atoms with E-state index in [2.05, 4.69) is 6.58 Å². The Bertz CT molecular complexity index is 870. The molecule has 172 valence electrons. The topological polar surface area (TPSA) is 139 Å². The molecule has 6 fully saturated rings. The van der Waals surface area contributed by atoms with Gasteiger partial charge in [-0.3, -0.25) is 9.59 Å². The fraction of sp³-hybridized carbons (Fsp3) is 0.826. The summed E-state index contributed by atoms with van der Waals surface area (Å²) in [6.45, 7) is 9.56. The van der Waals surface area contributed by atoms with E-state index in [1.807, 2.05) is 13.8 Å². The number of rotatable bonds is 2. The first-order chi connectivity index (χ1) is 14.4. The minimum atomic E-state index is -2.24. The summed E-state index contributed by atoms with van der Waals surface area (Å²) in [5.41, 5.74) is 2.98. The van der Waals surface area contributed by atoms with E-state index in [1.165, 1.54) is 6.92 Å². The molecule has 6 rings (SSSR count). The summed E-state index contributed by atoms with van der Waals surface area (Å²) in [5, 5.41) is 34.9. The predicted molar refractivity (Wildman–Crippen MR) is 108 cm³/mol. The molecular formula is C23H33NO7. The average molecular weight is 436 g/mol. The van der Waals surface area contributed by atoms with E-state index < -0.39 is 70.5 Å². The third kappa shape index (κ3) is 2.14. The van der Waals surface area contributed by atoms with Crippen molar-refractivity contribution in [2.45, 2.75) is 76.6 Å². The van der Waals surface area contributed by atoms with Gasteiger partial charge in [-0.1, -0.05) is 20.4 Å². The molecular weight excluding hydrogens is 402 g/mol. The Morgan fingerprint density at radius 2 is 1.97 bits per heavy atom. The smallest absolute Gasteiger partial charge is 0.322 e. The van der Waals surface area contributed by atoms with Gasteiger partial charge >= 0.3 is 5.97 Å². The van der Waals surface area contributed by atoms with Crippen LogP contribution in [0.4, 0.5) is 0 Å². The van der Waals surface area contributed by atoms with Crippen molar-refractivity contribution < 1.29 is 34.4 Å². The summed E-state index contributed by atoms with van der Waals surface area (Å²) in [7, 11) is 0. The van der Waals surface area contributed by atoms with Gasteiger partial charge in [-0.15, -0.1) is 0 Å². The zero-order valence-corrected chi connectivity index (χ0v) is 18.3. The Morgan fingerprint density at radius 1 is 1.29 bits per heavy atom. The normalized spacial score (nSPS) is 53.0. The molecule has 4 bridgehead atoms. The second-order valence-corrected chi connectivity index (χ2v) is 11.2. The Kier molecular flexibility index (Phi) is 4.28. The van der Waals surface area contributed by atoms with Crippen LogP contribution >= 0.6 is 0 Å². The first-order valence-electron chi connectivity index (χ1n) is 11.3. The van der Waals surface area contributed by atoms with Gasteiger partial charge in [-0.05, 0) is 49.5 Å². The van der Waals surface area contributed by atoms with Crippen LogP contribution in [0, 0.1) is 34.0 Å². The van der Waals surface area contributed by atoms with Gasteiger partial charge < -0.3 is 30.5 Å². The van der Waals surface area contributed by atoms with Crippen molar-refractivity contribution in [1.29, 1.82) is 0 Å². The maximum absolute atomic E-state index is 13.8. The molecule has 2 aliphatic heterocycles. The molecule has 4 aliphatic carbocycles. The van der Waals surface area contributed by atoms with E-state index in [0.29, 0.717) is 25.7 Å². The highest BCUT2D eigenvalue weighted by atomic mass is 16.6. The van der Waals surface area contributed by atoms with Crippen LogP contribution in [0.2, 0.25) is 0 Å². The molecule has 6 aliphatic rings. The monoisotopic (exact) mass is 435 g/mol. The second-order valence-electron chi connectivity index (χ2n) is 11.2. The summed E-state index contributed by atoms with van der Waals surface area (Å²) in [4.78, 5) is 26.4. The highest BCUT2D eigenvalue weighted by Crippen LogP contribution is 2.76.